The summed E-state index contributed by atoms with van der Waals surface area (Å²) in [5.41, 5.74) is 8.61. The largest absolute Gasteiger partial charge is 0.383 e. The number of anilines is 1. The maximum atomic E-state index is 6.14. The van der Waals surface area contributed by atoms with Crippen LogP contribution >= 0.6 is 11.8 Å². The van der Waals surface area contributed by atoms with Crippen LogP contribution in [0.5, 0.6) is 0 Å². The Balaban J connectivity index is 2.25. The van der Waals surface area contributed by atoms with E-state index in [0.29, 0.717) is 17.1 Å². The standard InChI is InChI=1S/C15H25N3S/c1-3-8-17-14(12-6-4-5-10-19-12)13-11(2)7-9-18-15(13)16/h7,9,12,14,17H,3-6,8,10H2,1-2H3,(H2,16,18). The van der Waals surface area contributed by atoms with Gasteiger partial charge in [0.25, 0.3) is 0 Å². The zero-order chi connectivity index (χ0) is 13.7. The van der Waals surface area contributed by atoms with Gasteiger partial charge in [-0.2, -0.15) is 11.8 Å². The molecule has 0 amide bonds. The Hall–Kier alpha value is -0.740. The number of rotatable bonds is 5. The highest BCUT2D eigenvalue weighted by atomic mass is 32.2. The van der Waals surface area contributed by atoms with E-state index < -0.39 is 0 Å². The van der Waals surface area contributed by atoms with E-state index in [1.54, 1.807) is 6.20 Å². The van der Waals surface area contributed by atoms with E-state index in [2.05, 4.69) is 42.0 Å². The minimum atomic E-state index is 0.346. The van der Waals surface area contributed by atoms with Crippen molar-refractivity contribution in [2.75, 3.05) is 18.0 Å². The molecule has 4 heteroatoms. The maximum absolute atomic E-state index is 6.14. The number of hydrogen-bond donors (Lipinski definition) is 2. The first-order valence-corrected chi connectivity index (χ1v) is 8.35. The van der Waals surface area contributed by atoms with Crippen LogP contribution in [0.4, 0.5) is 5.82 Å². The second-order valence-electron chi connectivity index (χ2n) is 5.26. The van der Waals surface area contributed by atoms with Crippen LogP contribution in [0.15, 0.2) is 12.3 Å². The molecule has 2 heterocycles. The van der Waals surface area contributed by atoms with Gasteiger partial charge in [-0.25, -0.2) is 4.98 Å². The van der Waals surface area contributed by atoms with Crippen LogP contribution in [-0.2, 0) is 0 Å². The van der Waals surface area contributed by atoms with Crippen LogP contribution in [0.2, 0.25) is 0 Å². The number of nitrogen functional groups attached to an aromatic ring is 1. The molecule has 0 radical (unpaired) electrons. The Kier molecular flexibility index (Phi) is 5.52. The first kappa shape index (κ1) is 14.7. The van der Waals surface area contributed by atoms with Gasteiger partial charge < -0.3 is 11.1 Å². The first-order valence-electron chi connectivity index (χ1n) is 7.30. The van der Waals surface area contributed by atoms with Crippen LogP contribution < -0.4 is 11.1 Å². The number of aryl methyl sites for hydroxylation is 1. The molecule has 1 aliphatic rings. The van der Waals surface area contributed by atoms with E-state index in [-0.39, 0.29) is 0 Å². The summed E-state index contributed by atoms with van der Waals surface area (Å²) in [6.45, 7) is 5.38. The van der Waals surface area contributed by atoms with Gasteiger partial charge in [-0.05, 0) is 50.1 Å². The second kappa shape index (κ2) is 7.15. The van der Waals surface area contributed by atoms with Crippen molar-refractivity contribution in [3.05, 3.63) is 23.4 Å². The normalized spacial score (nSPS) is 21.3. The molecule has 0 aromatic carbocycles. The molecule has 3 nitrogen and oxygen atoms in total. The Labute approximate surface area is 120 Å². The molecule has 0 spiro atoms. The number of aromatic nitrogens is 1. The molecular formula is C15H25N3S. The van der Waals surface area contributed by atoms with Crippen molar-refractivity contribution in [2.45, 2.75) is 50.8 Å². The van der Waals surface area contributed by atoms with Crippen LogP contribution in [0.3, 0.4) is 0 Å². The summed E-state index contributed by atoms with van der Waals surface area (Å²) in [4.78, 5) is 4.29. The fourth-order valence-corrected chi connectivity index (χ4v) is 4.17. The Bertz CT molecular complexity index is 382. The topological polar surface area (TPSA) is 50.9 Å². The van der Waals surface area contributed by atoms with E-state index in [0.717, 1.165) is 13.0 Å². The molecule has 1 fully saturated rings. The first-order chi connectivity index (χ1) is 9.24. The quantitative estimate of drug-likeness (QED) is 0.868. The molecule has 3 N–H and O–H groups in total. The number of thioether (sulfide) groups is 1. The highest BCUT2D eigenvalue weighted by Crippen LogP contribution is 2.37. The van der Waals surface area contributed by atoms with Gasteiger partial charge >= 0.3 is 0 Å². The van der Waals surface area contributed by atoms with Gasteiger partial charge in [0.2, 0.25) is 0 Å². The SMILES string of the molecule is CCCNC(c1c(C)ccnc1N)C1CCCCS1. The summed E-state index contributed by atoms with van der Waals surface area (Å²) in [6, 6.07) is 2.42. The minimum absolute atomic E-state index is 0.346. The van der Waals surface area contributed by atoms with Gasteiger partial charge in [0.05, 0.1) is 0 Å². The summed E-state index contributed by atoms with van der Waals surface area (Å²) in [6.07, 6.45) is 6.91. The Morgan fingerprint density at radius 3 is 3.00 bits per heavy atom. The molecule has 106 valence electrons. The third kappa shape index (κ3) is 3.63. The zero-order valence-corrected chi connectivity index (χ0v) is 12.8. The molecule has 19 heavy (non-hydrogen) atoms. The molecule has 2 atom stereocenters. The van der Waals surface area contributed by atoms with Gasteiger partial charge in [-0.15, -0.1) is 0 Å². The highest BCUT2D eigenvalue weighted by Gasteiger charge is 2.28. The molecule has 0 saturated carbocycles. The van der Waals surface area contributed by atoms with Crippen molar-refractivity contribution in [1.29, 1.82) is 0 Å². The number of nitrogens with one attached hydrogen (secondary N) is 1. The zero-order valence-electron chi connectivity index (χ0n) is 12.0. The van der Waals surface area contributed by atoms with Gasteiger partial charge in [-0.3, -0.25) is 0 Å². The molecule has 1 saturated heterocycles. The van der Waals surface area contributed by atoms with Crippen molar-refractivity contribution >= 4 is 17.6 Å². The maximum Gasteiger partial charge on any atom is 0.128 e. The van der Waals surface area contributed by atoms with E-state index in [9.17, 15) is 0 Å². The molecule has 0 aliphatic carbocycles. The van der Waals surface area contributed by atoms with E-state index in [1.165, 1.54) is 36.1 Å². The van der Waals surface area contributed by atoms with Crippen molar-refractivity contribution in [1.82, 2.24) is 10.3 Å². The van der Waals surface area contributed by atoms with Crippen LogP contribution in [0.25, 0.3) is 0 Å². The van der Waals surface area contributed by atoms with Gasteiger partial charge in [0.1, 0.15) is 5.82 Å². The fraction of sp³-hybridized carbons (Fsp3) is 0.667. The van der Waals surface area contributed by atoms with Gasteiger partial charge in [0.15, 0.2) is 0 Å². The second-order valence-corrected chi connectivity index (χ2v) is 6.61. The average Bonchev–Trinajstić information content (AvgIpc) is 2.43. The molecular weight excluding hydrogens is 254 g/mol. The summed E-state index contributed by atoms with van der Waals surface area (Å²) in [7, 11) is 0. The number of hydrogen-bond acceptors (Lipinski definition) is 4. The summed E-state index contributed by atoms with van der Waals surface area (Å²) < 4.78 is 0. The van der Waals surface area contributed by atoms with Gasteiger partial charge in [0, 0.05) is 23.1 Å². The smallest absolute Gasteiger partial charge is 0.128 e. The molecule has 1 aliphatic heterocycles. The molecule has 1 aromatic rings. The van der Waals surface area contributed by atoms with Crippen molar-refractivity contribution < 1.29 is 0 Å². The lowest BCUT2D eigenvalue weighted by Crippen LogP contribution is -2.33. The minimum Gasteiger partial charge on any atom is -0.383 e. The van der Waals surface area contributed by atoms with Crippen LogP contribution in [-0.4, -0.2) is 22.5 Å². The Morgan fingerprint density at radius 1 is 1.53 bits per heavy atom. The van der Waals surface area contributed by atoms with Crippen LogP contribution in [0, 0.1) is 6.92 Å². The lowest BCUT2D eigenvalue weighted by Gasteiger charge is -2.32. The fourth-order valence-electron chi connectivity index (χ4n) is 2.74. The molecule has 1 aromatic heterocycles. The van der Waals surface area contributed by atoms with Crippen molar-refractivity contribution in [3.63, 3.8) is 0 Å². The summed E-state index contributed by atoms with van der Waals surface area (Å²) in [5.74, 6) is 1.97. The predicted molar refractivity (Wildman–Crippen MR) is 84.5 cm³/mol. The number of nitrogens with two attached hydrogens (primary N) is 1. The van der Waals surface area contributed by atoms with Crippen molar-refractivity contribution in [3.8, 4) is 0 Å². The van der Waals surface area contributed by atoms with E-state index in [1.807, 2.05) is 0 Å². The predicted octanol–water partition coefficient (Wildman–Crippen LogP) is 3.30. The average molecular weight is 279 g/mol. The van der Waals surface area contributed by atoms with E-state index in [4.69, 9.17) is 5.73 Å². The summed E-state index contributed by atoms with van der Waals surface area (Å²) in [5, 5.41) is 4.33. The Morgan fingerprint density at radius 2 is 2.37 bits per heavy atom. The lowest BCUT2D eigenvalue weighted by atomic mass is 9.96. The molecule has 0 bridgehead atoms. The summed E-state index contributed by atoms with van der Waals surface area (Å²) >= 11 is 2.09. The lowest BCUT2D eigenvalue weighted by molar-refractivity contribution is 0.478. The number of nitrogens with zero attached hydrogens (tertiary/aromatic N) is 1. The van der Waals surface area contributed by atoms with Crippen LogP contribution in [0.1, 0.15) is 49.8 Å². The highest BCUT2D eigenvalue weighted by molar-refractivity contribution is 8.00. The third-order valence-electron chi connectivity index (χ3n) is 3.75. The number of pyridine rings is 1. The third-order valence-corrected chi connectivity index (χ3v) is 5.21. The molecule has 2 rings (SSSR count). The molecule has 2 unspecified atom stereocenters. The monoisotopic (exact) mass is 279 g/mol. The van der Waals surface area contributed by atoms with Crippen molar-refractivity contribution in [2.24, 2.45) is 0 Å². The van der Waals surface area contributed by atoms with E-state index >= 15 is 0 Å². The van der Waals surface area contributed by atoms with Gasteiger partial charge in [-0.1, -0.05) is 13.3 Å².